The molecule has 1 unspecified atom stereocenters. The largest absolute Gasteiger partial charge is 0.492 e. The SMILES string of the molecule is Oc1ncnc2c1nc1n2[C@@H]2O[C@H](C1O)[C@@H](O)[C@H]2O. The van der Waals surface area contributed by atoms with Crippen LogP contribution in [0.4, 0.5) is 0 Å². The Bertz CT molecular complexity index is 673. The molecule has 2 aliphatic heterocycles. The van der Waals surface area contributed by atoms with Gasteiger partial charge in [-0.2, -0.15) is 4.98 Å². The van der Waals surface area contributed by atoms with E-state index in [2.05, 4.69) is 15.0 Å². The van der Waals surface area contributed by atoms with Gasteiger partial charge in [0.25, 0.3) is 0 Å². The van der Waals surface area contributed by atoms with Gasteiger partial charge in [-0.05, 0) is 0 Å². The average Bonchev–Trinajstić information content (AvgIpc) is 2.89. The Morgan fingerprint density at radius 3 is 2.74 bits per heavy atom. The molecule has 4 N–H and O–H groups in total. The molecule has 2 aromatic heterocycles. The summed E-state index contributed by atoms with van der Waals surface area (Å²) >= 11 is 0. The predicted octanol–water partition coefficient (Wildman–Crippen LogP) is -1.80. The molecule has 19 heavy (non-hydrogen) atoms. The van der Waals surface area contributed by atoms with Crippen LogP contribution in [0.5, 0.6) is 5.88 Å². The van der Waals surface area contributed by atoms with Crippen LogP contribution in [-0.4, -0.2) is 58.3 Å². The minimum atomic E-state index is -1.21. The first kappa shape index (κ1) is 11.1. The molecule has 2 aliphatic rings. The van der Waals surface area contributed by atoms with E-state index >= 15 is 0 Å². The highest BCUT2D eigenvalue weighted by Gasteiger charge is 2.53. The van der Waals surface area contributed by atoms with Gasteiger partial charge in [0.2, 0.25) is 5.88 Å². The first-order chi connectivity index (χ1) is 9.09. The van der Waals surface area contributed by atoms with Crippen LogP contribution in [0.1, 0.15) is 18.2 Å². The number of aliphatic hydroxyl groups is 3. The number of rotatable bonds is 0. The summed E-state index contributed by atoms with van der Waals surface area (Å²) in [7, 11) is 0. The monoisotopic (exact) mass is 266 g/mol. The van der Waals surface area contributed by atoms with Gasteiger partial charge >= 0.3 is 0 Å². The van der Waals surface area contributed by atoms with Crippen molar-refractivity contribution in [3.8, 4) is 5.88 Å². The van der Waals surface area contributed by atoms with E-state index in [4.69, 9.17) is 4.74 Å². The standard InChI is InChI=1S/C10H10N4O5/c15-3-4(16)10-14-7-2(9(18)12-1-11-7)13-8(14)5(17)6(3)19-10/h1,3-6,10,15-17H,(H,11,12,18)/t3-,4+,5?,6-,10+/m0/s1. The average molecular weight is 266 g/mol. The molecular weight excluding hydrogens is 256 g/mol. The van der Waals surface area contributed by atoms with Crippen LogP contribution in [0.2, 0.25) is 0 Å². The smallest absolute Gasteiger partial charge is 0.242 e. The summed E-state index contributed by atoms with van der Waals surface area (Å²) in [4.78, 5) is 11.7. The molecular formula is C10H10N4O5. The van der Waals surface area contributed by atoms with E-state index in [1.54, 1.807) is 0 Å². The third-order valence-electron chi connectivity index (χ3n) is 3.59. The van der Waals surface area contributed by atoms with Crippen LogP contribution in [0, 0.1) is 0 Å². The van der Waals surface area contributed by atoms with E-state index in [0.717, 1.165) is 6.33 Å². The second-order valence-corrected chi connectivity index (χ2v) is 4.63. The lowest BCUT2D eigenvalue weighted by atomic mass is 10.1. The number of ether oxygens (including phenoxy) is 1. The zero-order valence-electron chi connectivity index (χ0n) is 9.45. The highest BCUT2D eigenvalue weighted by atomic mass is 16.6. The molecule has 5 atom stereocenters. The summed E-state index contributed by atoms with van der Waals surface area (Å²) in [5.74, 6) is -0.132. The van der Waals surface area contributed by atoms with Crippen LogP contribution >= 0.6 is 0 Å². The summed E-state index contributed by atoms with van der Waals surface area (Å²) < 4.78 is 6.77. The Labute approximate surface area is 105 Å². The molecule has 1 saturated heterocycles. The number of fused-ring (bicyclic) bond motifs is 6. The lowest BCUT2D eigenvalue weighted by molar-refractivity contribution is -0.114. The maximum atomic E-state index is 10.1. The summed E-state index contributed by atoms with van der Waals surface area (Å²) in [5.41, 5.74) is 0.354. The minimum absolute atomic E-state index is 0.120. The molecule has 100 valence electrons. The van der Waals surface area contributed by atoms with E-state index in [0.29, 0.717) is 0 Å². The van der Waals surface area contributed by atoms with Gasteiger partial charge in [0.15, 0.2) is 17.4 Å². The van der Waals surface area contributed by atoms with Crippen molar-refractivity contribution in [3.05, 3.63) is 12.2 Å². The molecule has 0 amide bonds. The van der Waals surface area contributed by atoms with Crippen LogP contribution in [-0.2, 0) is 4.74 Å². The van der Waals surface area contributed by atoms with Crippen molar-refractivity contribution < 1.29 is 25.2 Å². The molecule has 0 radical (unpaired) electrons. The van der Waals surface area contributed by atoms with Gasteiger partial charge in [-0.25, -0.2) is 9.97 Å². The van der Waals surface area contributed by atoms with Crippen LogP contribution in [0.3, 0.4) is 0 Å². The summed E-state index contributed by atoms with van der Waals surface area (Å²) in [6.07, 6.45) is -4.31. The number of nitrogens with zero attached hydrogens (tertiary/aromatic N) is 4. The van der Waals surface area contributed by atoms with E-state index in [9.17, 15) is 20.4 Å². The zero-order valence-corrected chi connectivity index (χ0v) is 9.45. The molecule has 4 heterocycles. The molecule has 2 bridgehead atoms. The fourth-order valence-corrected chi connectivity index (χ4v) is 2.68. The van der Waals surface area contributed by atoms with E-state index in [1.165, 1.54) is 4.57 Å². The number of imidazole rings is 1. The summed E-state index contributed by atoms with van der Waals surface area (Å²) in [6.45, 7) is 0. The quantitative estimate of drug-likeness (QED) is 0.438. The lowest BCUT2D eigenvalue weighted by Gasteiger charge is -2.27. The zero-order chi connectivity index (χ0) is 13.3. The molecule has 0 aliphatic carbocycles. The van der Waals surface area contributed by atoms with Crippen LogP contribution in [0.15, 0.2) is 6.33 Å². The second-order valence-electron chi connectivity index (χ2n) is 4.63. The second kappa shape index (κ2) is 3.39. The minimum Gasteiger partial charge on any atom is -0.492 e. The van der Waals surface area contributed by atoms with Gasteiger partial charge in [0.05, 0.1) is 0 Å². The fraction of sp³-hybridized carbons (Fsp3) is 0.500. The molecule has 0 aromatic carbocycles. The van der Waals surface area contributed by atoms with Crippen LogP contribution < -0.4 is 0 Å². The van der Waals surface area contributed by atoms with Crippen molar-refractivity contribution in [2.45, 2.75) is 30.6 Å². The molecule has 2 aromatic rings. The van der Waals surface area contributed by atoms with E-state index in [-0.39, 0.29) is 22.9 Å². The maximum Gasteiger partial charge on any atom is 0.242 e. The Morgan fingerprint density at radius 1 is 1.16 bits per heavy atom. The molecule has 9 nitrogen and oxygen atoms in total. The highest BCUT2D eigenvalue weighted by Crippen LogP contribution is 2.43. The number of hydrogen-bond donors (Lipinski definition) is 4. The number of aliphatic hydroxyl groups excluding tert-OH is 3. The van der Waals surface area contributed by atoms with Gasteiger partial charge in [-0.15, -0.1) is 0 Å². The summed E-state index contributed by atoms with van der Waals surface area (Å²) in [6, 6.07) is 0. The van der Waals surface area contributed by atoms with Crippen molar-refractivity contribution in [2.24, 2.45) is 0 Å². The number of aromatic hydroxyl groups is 1. The third kappa shape index (κ3) is 1.20. The Balaban J connectivity index is 2.03. The predicted molar refractivity (Wildman–Crippen MR) is 57.9 cm³/mol. The first-order valence-electron chi connectivity index (χ1n) is 5.71. The number of hydrogen-bond acceptors (Lipinski definition) is 8. The Morgan fingerprint density at radius 2 is 1.95 bits per heavy atom. The third-order valence-corrected chi connectivity index (χ3v) is 3.59. The first-order valence-corrected chi connectivity index (χ1v) is 5.71. The van der Waals surface area contributed by atoms with Crippen molar-refractivity contribution in [2.75, 3.05) is 0 Å². The Hall–Kier alpha value is -1.81. The summed E-state index contributed by atoms with van der Waals surface area (Å²) in [5, 5.41) is 39.5. The lowest BCUT2D eigenvalue weighted by Crippen LogP contribution is -2.34. The molecule has 1 fully saturated rings. The molecule has 4 rings (SSSR count). The maximum absolute atomic E-state index is 10.1. The highest BCUT2D eigenvalue weighted by molar-refractivity contribution is 5.76. The molecule has 0 spiro atoms. The van der Waals surface area contributed by atoms with E-state index < -0.39 is 30.6 Å². The van der Waals surface area contributed by atoms with Crippen molar-refractivity contribution in [1.29, 1.82) is 0 Å². The van der Waals surface area contributed by atoms with E-state index in [1.807, 2.05) is 0 Å². The van der Waals surface area contributed by atoms with Crippen molar-refractivity contribution in [1.82, 2.24) is 19.5 Å². The van der Waals surface area contributed by atoms with Gasteiger partial charge in [0, 0.05) is 0 Å². The van der Waals surface area contributed by atoms with Crippen LogP contribution in [0.25, 0.3) is 11.2 Å². The fourth-order valence-electron chi connectivity index (χ4n) is 2.68. The van der Waals surface area contributed by atoms with Crippen molar-refractivity contribution in [3.63, 3.8) is 0 Å². The van der Waals surface area contributed by atoms with Crippen molar-refractivity contribution >= 4 is 11.2 Å². The Kier molecular flexibility index (Phi) is 1.97. The number of aromatic nitrogens is 4. The normalized spacial score (nSPS) is 36.7. The molecule has 0 saturated carbocycles. The van der Waals surface area contributed by atoms with Gasteiger partial charge < -0.3 is 25.2 Å². The van der Waals surface area contributed by atoms with Gasteiger partial charge in [0.1, 0.15) is 36.6 Å². The van der Waals surface area contributed by atoms with Gasteiger partial charge in [-0.1, -0.05) is 0 Å². The molecule has 9 heteroatoms. The topological polar surface area (TPSA) is 134 Å². The van der Waals surface area contributed by atoms with Gasteiger partial charge in [-0.3, -0.25) is 4.57 Å².